The Bertz CT molecular complexity index is 374. The first-order valence-corrected chi connectivity index (χ1v) is 5.90. The lowest BCUT2D eigenvalue weighted by molar-refractivity contribution is -0.122. The predicted molar refractivity (Wildman–Crippen MR) is 70.9 cm³/mol. The van der Waals surface area contributed by atoms with Crippen molar-refractivity contribution in [3.05, 3.63) is 36.8 Å². The van der Waals surface area contributed by atoms with Crippen molar-refractivity contribution in [2.75, 3.05) is 20.6 Å². The quantitative estimate of drug-likeness (QED) is 0.706. The first kappa shape index (κ1) is 14.5. The molecular formula is C13H21N3O2. The largest absolute Gasteiger partial charge is 0.468 e. The van der Waals surface area contributed by atoms with Crippen molar-refractivity contribution >= 4 is 5.91 Å². The molecule has 100 valence electrons. The molecule has 5 nitrogen and oxygen atoms in total. The van der Waals surface area contributed by atoms with E-state index >= 15 is 0 Å². The summed E-state index contributed by atoms with van der Waals surface area (Å²) in [5, 5.41) is 2.82. The summed E-state index contributed by atoms with van der Waals surface area (Å²) in [6.45, 7) is 4.03. The minimum atomic E-state index is -0.540. The van der Waals surface area contributed by atoms with Crippen LogP contribution in [0.3, 0.4) is 0 Å². The van der Waals surface area contributed by atoms with E-state index < -0.39 is 6.04 Å². The third-order valence-corrected chi connectivity index (χ3v) is 2.72. The second-order valence-electron chi connectivity index (χ2n) is 4.37. The number of carbonyl (C=O) groups is 1. The zero-order valence-corrected chi connectivity index (χ0v) is 10.9. The SMILES string of the molecule is C=CCC(N)C(=O)NCC(c1ccco1)N(C)C. The molecule has 0 saturated carbocycles. The van der Waals surface area contributed by atoms with E-state index in [2.05, 4.69) is 11.9 Å². The van der Waals surface area contributed by atoms with Crippen LogP contribution < -0.4 is 11.1 Å². The molecule has 1 heterocycles. The number of likely N-dealkylation sites (N-methyl/N-ethyl adjacent to an activating group) is 1. The number of nitrogens with two attached hydrogens (primary N) is 1. The normalized spacial score (nSPS) is 14.2. The van der Waals surface area contributed by atoms with Gasteiger partial charge >= 0.3 is 0 Å². The van der Waals surface area contributed by atoms with Gasteiger partial charge in [-0.05, 0) is 32.6 Å². The van der Waals surface area contributed by atoms with E-state index in [1.54, 1.807) is 12.3 Å². The van der Waals surface area contributed by atoms with Crippen molar-refractivity contribution in [3.8, 4) is 0 Å². The van der Waals surface area contributed by atoms with Gasteiger partial charge in [0.1, 0.15) is 5.76 Å². The minimum Gasteiger partial charge on any atom is -0.468 e. The van der Waals surface area contributed by atoms with Crippen LogP contribution in [0.4, 0.5) is 0 Å². The highest BCUT2D eigenvalue weighted by molar-refractivity contribution is 5.81. The van der Waals surface area contributed by atoms with Gasteiger partial charge in [-0.15, -0.1) is 6.58 Å². The Labute approximate surface area is 108 Å². The molecule has 1 aromatic rings. The highest BCUT2D eigenvalue weighted by atomic mass is 16.3. The van der Waals surface area contributed by atoms with Crippen molar-refractivity contribution in [1.29, 1.82) is 0 Å². The molecule has 3 N–H and O–H groups in total. The molecule has 0 aliphatic carbocycles. The van der Waals surface area contributed by atoms with Crippen LogP contribution in [0, 0.1) is 0 Å². The first-order chi connectivity index (χ1) is 8.56. The molecule has 1 amide bonds. The Balaban J connectivity index is 2.53. The van der Waals surface area contributed by atoms with Crippen molar-refractivity contribution in [3.63, 3.8) is 0 Å². The average molecular weight is 251 g/mol. The monoisotopic (exact) mass is 251 g/mol. The standard InChI is InChI=1S/C13H21N3O2/c1-4-6-10(14)13(17)15-9-11(16(2)3)12-7-5-8-18-12/h4-5,7-8,10-11H,1,6,9,14H2,2-3H3,(H,15,17). The van der Waals surface area contributed by atoms with Gasteiger partial charge in [0, 0.05) is 6.54 Å². The summed E-state index contributed by atoms with van der Waals surface area (Å²) in [5.41, 5.74) is 5.69. The fourth-order valence-corrected chi connectivity index (χ4v) is 1.63. The van der Waals surface area contributed by atoms with E-state index in [4.69, 9.17) is 10.2 Å². The van der Waals surface area contributed by atoms with Gasteiger partial charge in [-0.25, -0.2) is 0 Å². The summed E-state index contributed by atoms with van der Waals surface area (Å²) < 4.78 is 5.36. The van der Waals surface area contributed by atoms with Crippen LogP contribution in [-0.2, 0) is 4.79 Å². The molecule has 0 spiro atoms. The van der Waals surface area contributed by atoms with Crippen LogP contribution in [0.5, 0.6) is 0 Å². The smallest absolute Gasteiger partial charge is 0.237 e. The summed E-state index contributed by atoms with van der Waals surface area (Å²) in [4.78, 5) is 13.7. The van der Waals surface area contributed by atoms with E-state index in [-0.39, 0.29) is 11.9 Å². The van der Waals surface area contributed by atoms with Crippen molar-refractivity contribution in [2.45, 2.75) is 18.5 Å². The molecule has 5 heteroatoms. The maximum Gasteiger partial charge on any atom is 0.237 e. The third-order valence-electron chi connectivity index (χ3n) is 2.72. The number of furan rings is 1. The number of hydrogen-bond donors (Lipinski definition) is 2. The lowest BCUT2D eigenvalue weighted by Crippen LogP contribution is -2.43. The molecule has 1 rings (SSSR count). The van der Waals surface area contributed by atoms with Crippen molar-refractivity contribution in [1.82, 2.24) is 10.2 Å². The molecular weight excluding hydrogens is 230 g/mol. The second kappa shape index (κ2) is 6.98. The molecule has 0 radical (unpaired) electrons. The molecule has 0 fully saturated rings. The summed E-state index contributed by atoms with van der Waals surface area (Å²) in [7, 11) is 3.87. The molecule has 18 heavy (non-hydrogen) atoms. The van der Waals surface area contributed by atoms with Crippen LogP contribution in [0.2, 0.25) is 0 Å². The number of rotatable bonds is 7. The van der Waals surface area contributed by atoms with E-state index in [0.29, 0.717) is 13.0 Å². The van der Waals surface area contributed by atoms with E-state index in [1.165, 1.54) is 0 Å². The fourth-order valence-electron chi connectivity index (χ4n) is 1.63. The van der Waals surface area contributed by atoms with Crippen LogP contribution in [-0.4, -0.2) is 37.5 Å². The van der Waals surface area contributed by atoms with Gasteiger partial charge in [0.2, 0.25) is 5.91 Å². The van der Waals surface area contributed by atoms with Gasteiger partial charge in [-0.1, -0.05) is 6.08 Å². The maximum absolute atomic E-state index is 11.7. The molecule has 2 unspecified atom stereocenters. The van der Waals surface area contributed by atoms with Crippen LogP contribution >= 0.6 is 0 Å². The molecule has 1 aromatic heterocycles. The van der Waals surface area contributed by atoms with E-state index in [0.717, 1.165) is 5.76 Å². The highest BCUT2D eigenvalue weighted by Crippen LogP contribution is 2.17. The maximum atomic E-state index is 11.7. The second-order valence-corrected chi connectivity index (χ2v) is 4.37. The average Bonchev–Trinajstić information content (AvgIpc) is 2.82. The summed E-state index contributed by atoms with van der Waals surface area (Å²) >= 11 is 0. The molecule has 0 aliphatic rings. The minimum absolute atomic E-state index is 0.000110. The molecule has 0 bridgehead atoms. The number of hydrogen-bond acceptors (Lipinski definition) is 4. The third kappa shape index (κ3) is 4.01. The van der Waals surface area contributed by atoms with Crippen molar-refractivity contribution in [2.24, 2.45) is 5.73 Å². The first-order valence-electron chi connectivity index (χ1n) is 5.90. The molecule has 0 aromatic carbocycles. The van der Waals surface area contributed by atoms with Gasteiger partial charge in [-0.3, -0.25) is 9.69 Å². The number of nitrogens with zero attached hydrogens (tertiary/aromatic N) is 1. The van der Waals surface area contributed by atoms with Crippen LogP contribution in [0.25, 0.3) is 0 Å². The van der Waals surface area contributed by atoms with Gasteiger partial charge in [0.15, 0.2) is 0 Å². The van der Waals surface area contributed by atoms with Crippen molar-refractivity contribution < 1.29 is 9.21 Å². The Hall–Kier alpha value is -1.59. The number of amides is 1. The van der Waals surface area contributed by atoms with E-state index in [9.17, 15) is 4.79 Å². The van der Waals surface area contributed by atoms with Crippen LogP contribution in [0.1, 0.15) is 18.2 Å². The summed E-state index contributed by atoms with van der Waals surface area (Å²) in [6.07, 6.45) is 3.73. The summed E-state index contributed by atoms with van der Waals surface area (Å²) in [5.74, 6) is 0.644. The zero-order chi connectivity index (χ0) is 13.5. The molecule has 2 atom stereocenters. The summed E-state index contributed by atoms with van der Waals surface area (Å²) in [6, 6.07) is 3.18. The van der Waals surface area contributed by atoms with Gasteiger partial charge < -0.3 is 15.5 Å². The van der Waals surface area contributed by atoms with Crippen LogP contribution in [0.15, 0.2) is 35.5 Å². The highest BCUT2D eigenvalue weighted by Gasteiger charge is 2.19. The Morgan fingerprint density at radius 3 is 2.89 bits per heavy atom. The molecule has 0 aliphatic heterocycles. The lowest BCUT2D eigenvalue weighted by Gasteiger charge is -2.23. The fraction of sp³-hybridized carbons (Fsp3) is 0.462. The predicted octanol–water partition coefficient (Wildman–Crippen LogP) is 0.902. The Kier molecular flexibility index (Phi) is 5.61. The van der Waals surface area contributed by atoms with Gasteiger partial charge in [0.25, 0.3) is 0 Å². The number of carbonyl (C=O) groups excluding carboxylic acids is 1. The zero-order valence-electron chi connectivity index (χ0n) is 10.9. The Morgan fingerprint density at radius 1 is 1.67 bits per heavy atom. The number of nitrogens with one attached hydrogen (secondary N) is 1. The lowest BCUT2D eigenvalue weighted by atomic mass is 10.1. The van der Waals surface area contributed by atoms with Gasteiger partial charge in [0.05, 0.1) is 18.3 Å². The molecule has 0 saturated heterocycles. The van der Waals surface area contributed by atoms with E-state index in [1.807, 2.05) is 31.1 Å². The topological polar surface area (TPSA) is 71.5 Å². The Morgan fingerprint density at radius 2 is 2.39 bits per heavy atom. The van der Waals surface area contributed by atoms with Gasteiger partial charge in [-0.2, -0.15) is 0 Å².